The van der Waals surface area contributed by atoms with E-state index in [1.807, 2.05) is 0 Å². The van der Waals surface area contributed by atoms with Gasteiger partial charge >= 0.3 is 6.18 Å². The zero-order valence-corrected chi connectivity index (χ0v) is 12.3. The number of alkyl halides is 3. The van der Waals surface area contributed by atoms with Gasteiger partial charge in [-0.25, -0.2) is 4.98 Å². The molecule has 0 spiro atoms. The van der Waals surface area contributed by atoms with Crippen LogP contribution >= 0.6 is 11.3 Å². The first kappa shape index (κ1) is 16.4. The molecule has 118 valence electrons. The largest absolute Gasteiger partial charge is 0.443 e. The summed E-state index contributed by atoms with van der Waals surface area (Å²) in [6.45, 7) is 1.17. The van der Waals surface area contributed by atoms with E-state index >= 15 is 0 Å². The first-order valence-electron chi connectivity index (χ1n) is 6.19. The van der Waals surface area contributed by atoms with Crippen LogP contribution in [0.1, 0.15) is 31.8 Å². The van der Waals surface area contributed by atoms with E-state index in [1.54, 1.807) is 18.2 Å². The topological polar surface area (TPSA) is 75.1 Å². The Bertz CT molecular complexity index is 685. The van der Waals surface area contributed by atoms with Crippen LogP contribution in [0.5, 0.6) is 0 Å². The normalized spacial score (nSPS) is 11.5. The fourth-order valence-electron chi connectivity index (χ4n) is 1.70. The van der Waals surface area contributed by atoms with Crippen LogP contribution in [-0.2, 0) is 19.3 Å². The lowest BCUT2D eigenvalue weighted by Crippen LogP contribution is -2.23. The average Bonchev–Trinajstić information content (AvgIpc) is 2.87. The Kier molecular flexibility index (Phi) is 4.77. The van der Waals surface area contributed by atoms with Gasteiger partial charge in [0.15, 0.2) is 5.01 Å². The quantitative estimate of drug-likeness (QED) is 0.901. The van der Waals surface area contributed by atoms with Crippen LogP contribution in [0.2, 0.25) is 0 Å². The summed E-state index contributed by atoms with van der Waals surface area (Å²) in [6, 6.07) is 4.92. The van der Waals surface area contributed by atoms with E-state index in [2.05, 4.69) is 15.3 Å². The van der Waals surface area contributed by atoms with Crippen LogP contribution in [0.4, 0.5) is 13.2 Å². The molecular weight excluding hydrogens is 319 g/mol. The second-order valence-corrected chi connectivity index (χ2v) is 5.39. The standard InChI is InChI=1S/C13H12F3N3O2S/c1-7-10(22-12(18-7)13(14,15)16)11(21)17-5-8-3-2-4-9(6-20)19-8/h2-4,20H,5-6H2,1H3,(H,17,21). The molecule has 0 aliphatic rings. The molecule has 0 saturated carbocycles. The fourth-order valence-corrected chi connectivity index (χ4v) is 2.55. The van der Waals surface area contributed by atoms with E-state index in [0.717, 1.165) is 0 Å². The van der Waals surface area contributed by atoms with Gasteiger partial charge in [0.2, 0.25) is 0 Å². The summed E-state index contributed by atoms with van der Waals surface area (Å²) in [6.07, 6.45) is -4.56. The lowest BCUT2D eigenvalue weighted by molar-refractivity contribution is -0.137. The van der Waals surface area contributed by atoms with E-state index < -0.39 is 17.1 Å². The maximum atomic E-state index is 12.6. The highest BCUT2D eigenvalue weighted by molar-refractivity contribution is 7.13. The lowest BCUT2D eigenvalue weighted by atomic mass is 10.3. The number of pyridine rings is 1. The van der Waals surface area contributed by atoms with Crippen LogP contribution in [-0.4, -0.2) is 21.0 Å². The van der Waals surface area contributed by atoms with Crippen molar-refractivity contribution in [1.82, 2.24) is 15.3 Å². The summed E-state index contributed by atoms with van der Waals surface area (Å²) in [5, 5.41) is 10.4. The molecule has 1 amide bonds. The molecule has 2 aromatic rings. The van der Waals surface area contributed by atoms with Crippen molar-refractivity contribution in [2.24, 2.45) is 0 Å². The Labute approximate surface area is 127 Å². The highest BCUT2D eigenvalue weighted by Gasteiger charge is 2.36. The van der Waals surface area contributed by atoms with Gasteiger partial charge in [-0.3, -0.25) is 9.78 Å². The molecule has 0 aliphatic carbocycles. The number of carbonyl (C=O) groups is 1. The minimum atomic E-state index is -4.56. The summed E-state index contributed by atoms with van der Waals surface area (Å²) in [5.74, 6) is -0.637. The number of aliphatic hydroxyl groups is 1. The minimum absolute atomic E-state index is 0.0342. The molecule has 0 radical (unpaired) electrons. The number of carbonyl (C=O) groups excluding carboxylic acids is 1. The number of rotatable bonds is 4. The molecule has 9 heteroatoms. The van der Waals surface area contributed by atoms with Crippen molar-refractivity contribution in [2.75, 3.05) is 0 Å². The summed E-state index contributed by atoms with van der Waals surface area (Å²) in [4.78, 5) is 19.3. The number of amides is 1. The van der Waals surface area contributed by atoms with Crippen LogP contribution in [0, 0.1) is 6.92 Å². The predicted molar refractivity (Wildman–Crippen MR) is 73.2 cm³/mol. The highest BCUT2D eigenvalue weighted by Crippen LogP contribution is 2.33. The number of nitrogens with one attached hydrogen (secondary N) is 1. The molecule has 2 rings (SSSR count). The maximum absolute atomic E-state index is 12.6. The molecule has 2 heterocycles. The molecule has 0 atom stereocenters. The number of aromatic nitrogens is 2. The van der Waals surface area contributed by atoms with Crippen molar-refractivity contribution in [2.45, 2.75) is 26.3 Å². The van der Waals surface area contributed by atoms with Crippen LogP contribution in [0.3, 0.4) is 0 Å². The van der Waals surface area contributed by atoms with Crippen molar-refractivity contribution < 1.29 is 23.1 Å². The number of thiazole rings is 1. The SMILES string of the molecule is Cc1nc(C(F)(F)F)sc1C(=O)NCc1cccc(CO)n1. The average molecular weight is 331 g/mol. The maximum Gasteiger partial charge on any atom is 0.443 e. The molecule has 0 fully saturated rings. The van der Waals surface area contributed by atoms with E-state index in [9.17, 15) is 18.0 Å². The Morgan fingerprint density at radius 1 is 1.32 bits per heavy atom. The van der Waals surface area contributed by atoms with Gasteiger partial charge in [0.25, 0.3) is 5.91 Å². The fraction of sp³-hybridized carbons (Fsp3) is 0.308. The number of aliphatic hydroxyl groups excluding tert-OH is 1. The molecule has 0 saturated heterocycles. The van der Waals surface area contributed by atoms with Crippen molar-refractivity contribution in [1.29, 1.82) is 0 Å². The molecule has 0 aromatic carbocycles. The third-order valence-electron chi connectivity index (χ3n) is 2.70. The molecule has 0 aliphatic heterocycles. The Morgan fingerprint density at radius 3 is 2.59 bits per heavy atom. The zero-order chi connectivity index (χ0) is 16.3. The van der Waals surface area contributed by atoms with Crippen LogP contribution in [0.15, 0.2) is 18.2 Å². The first-order valence-corrected chi connectivity index (χ1v) is 7.01. The van der Waals surface area contributed by atoms with Crippen molar-refractivity contribution >= 4 is 17.2 Å². The molecule has 2 aromatic heterocycles. The van der Waals surface area contributed by atoms with Gasteiger partial charge in [0.1, 0.15) is 4.88 Å². The number of aryl methyl sites for hydroxylation is 1. The smallest absolute Gasteiger partial charge is 0.390 e. The van der Waals surface area contributed by atoms with Gasteiger partial charge in [-0.2, -0.15) is 13.2 Å². The summed E-state index contributed by atoms with van der Waals surface area (Å²) in [5.41, 5.74) is 0.977. The molecule has 22 heavy (non-hydrogen) atoms. The van der Waals surface area contributed by atoms with Gasteiger partial charge in [0, 0.05) is 0 Å². The van der Waals surface area contributed by atoms with Crippen molar-refractivity contribution in [3.05, 3.63) is 45.2 Å². The number of hydrogen-bond donors (Lipinski definition) is 2. The first-order chi connectivity index (χ1) is 10.3. The molecule has 2 N–H and O–H groups in total. The summed E-state index contributed by atoms with van der Waals surface area (Å²) >= 11 is 0.309. The Hall–Kier alpha value is -2.00. The van der Waals surface area contributed by atoms with Crippen LogP contribution < -0.4 is 5.32 Å². The van der Waals surface area contributed by atoms with Gasteiger partial charge in [-0.05, 0) is 19.1 Å². The Morgan fingerprint density at radius 2 is 2.00 bits per heavy atom. The molecule has 5 nitrogen and oxygen atoms in total. The van der Waals surface area contributed by atoms with Gasteiger partial charge in [-0.15, -0.1) is 11.3 Å². The zero-order valence-electron chi connectivity index (χ0n) is 11.4. The third-order valence-corrected chi connectivity index (χ3v) is 3.90. The van der Waals surface area contributed by atoms with E-state index in [1.165, 1.54) is 6.92 Å². The highest BCUT2D eigenvalue weighted by atomic mass is 32.1. The van der Waals surface area contributed by atoms with Crippen molar-refractivity contribution in [3.63, 3.8) is 0 Å². The second kappa shape index (κ2) is 6.41. The number of hydrogen-bond acceptors (Lipinski definition) is 5. The molecule has 0 unspecified atom stereocenters. The third kappa shape index (κ3) is 3.80. The second-order valence-electron chi connectivity index (χ2n) is 4.39. The Balaban J connectivity index is 2.08. The monoisotopic (exact) mass is 331 g/mol. The van der Waals surface area contributed by atoms with Gasteiger partial charge < -0.3 is 10.4 Å². The predicted octanol–water partition coefficient (Wildman–Crippen LogP) is 2.29. The van der Waals surface area contributed by atoms with E-state index in [-0.39, 0.29) is 23.7 Å². The van der Waals surface area contributed by atoms with Gasteiger partial charge in [0.05, 0.1) is 30.2 Å². The summed E-state index contributed by atoms with van der Waals surface area (Å²) < 4.78 is 37.7. The van der Waals surface area contributed by atoms with Crippen molar-refractivity contribution in [3.8, 4) is 0 Å². The number of halogens is 3. The van der Waals surface area contributed by atoms with Crippen LogP contribution in [0.25, 0.3) is 0 Å². The van der Waals surface area contributed by atoms with Gasteiger partial charge in [-0.1, -0.05) is 6.07 Å². The lowest BCUT2D eigenvalue weighted by Gasteiger charge is -2.05. The summed E-state index contributed by atoms with van der Waals surface area (Å²) in [7, 11) is 0. The van der Waals surface area contributed by atoms with E-state index in [0.29, 0.717) is 22.7 Å². The molecule has 0 bridgehead atoms. The minimum Gasteiger partial charge on any atom is -0.390 e. The van der Waals surface area contributed by atoms with E-state index in [4.69, 9.17) is 5.11 Å². The molecular formula is C13H12F3N3O2S. The number of nitrogens with zero attached hydrogens (tertiary/aromatic N) is 2.